The highest BCUT2D eigenvalue weighted by molar-refractivity contribution is 5.85. The van der Waals surface area contributed by atoms with Crippen molar-refractivity contribution in [2.24, 2.45) is 5.92 Å². The lowest BCUT2D eigenvalue weighted by Crippen LogP contribution is -2.47. The molecule has 1 atom stereocenters. The molecule has 1 rings (SSSR count). The van der Waals surface area contributed by atoms with Gasteiger partial charge in [-0.1, -0.05) is 0 Å². The molecule has 0 aromatic heterocycles. The summed E-state index contributed by atoms with van der Waals surface area (Å²) < 4.78 is 30.4. The molecule has 1 amide bonds. The number of halogens is 2. The Morgan fingerprint density at radius 3 is 2.29 bits per heavy atom. The van der Waals surface area contributed by atoms with E-state index in [-0.39, 0.29) is 37.4 Å². The summed E-state index contributed by atoms with van der Waals surface area (Å²) in [5.41, 5.74) is 0. The third-order valence-electron chi connectivity index (χ3n) is 3.13. The van der Waals surface area contributed by atoms with E-state index in [9.17, 15) is 18.4 Å². The van der Waals surface area contributed by atoms with Crippen LogP contribution in [0.25, 0.3) is 0 Å². The SMILES string of the molecule is COC(=O)NC(C(C)=O)C1CCC(F)(F)CC1. The summed E-state index contributed by atoms with van der Waals surface area (Å²) >= 11 is 0. The number of alkyl halides is 2. The minimum absolute atomic E-state index is 0.230. The Balaban J connectivity index is 2.60. The van der Waals surface area contributed by atoms with Crippen molar-refractivity contribution in [2.45, 2.75) is 44.6 Å². The summed E-state index contributed by atoms with van der Waals surface area (Å²) in [5.74, 6) is -3.10. The number of rotatable bonds is 3. The van der Waals surface area contributed by atoms with Crippen LogP contribution in [0.5, 0.6) is 0 Å². The van der Waals surface area contributed by atoms with Crippen LogP contribution in [0.4, 0.5) is 13.6 Å². The molecule has 17 heavy (non-hydrogen) atoms. The third-order valence-corrected chi connectivity index (χ3v) is 3.13. The van der Waals surface area contributed by atoms with E-state index >= 15 is 0 Å². The van der Waals surface area contributed by atoms with Gasteiger partial charge < -0.3 is 10.1 Å². The van der Waals surface area contributed by atoms with Gasteiger partial charge in [-0.05, 0) is 25.7 Å². The van der Waals surface area contributed by atoms with Crippen LogP contribution in [-0.2, 0) is 9.53 Å². The van der Waals surface area contributed by atoms with Gasteiger partial charge in [0, 0.05) is 12.8 Å². The Bertz CT molecular complexity index is 297. The van der Waals surface area contributed by atoms with Crippen molar-refractivity contribution in [3.8, 4) is 0 Å². The summed E-state index contributed by atoms with van der Waals surface area (Å²) in [6.45, 7) is 1.34. The molecule has 4 nitrogen and oxygen atoms in total. The smallest absolute Gasteiger partial charge is 0.407 e. The summed E-state index contributed by atoms with van der Waals surface area (Å²) in [6, 6.07) is -0.724. The molecule has 0 bridgehead atoms. The molecule has 0 aromatic carbocycles. The van der Waals surface area contributed by atoms with Gasteiger partial charge >= 0.3 is 6.09 Å². The lowest BCUT2D eigenvalue weighted by atomic mass is 9.81. The van der Waals surface area contributed by atoms with E-state index < -0.39 is 18.1 Å². The summed E-state index contributed by atoms with van der Waals surface area (Å²) in [4.78, 5) is 22.5. The summed E-state index contributed by atoms with van der Waals surface area (Å²) in [6.07, 6.45) is -0.695. The molecule has 0 spiro atoms. The van der Waals surface area contributed by atoms with Crippen molar-refractivity contribution in [3.63, 3.8) is 0 Å². The number of carbonyl (C=O) groups excluding carboxylic acids is 2. The number of alkyl carbamates (subject to hydrolysis) is 1. The van der Waals surface area contributed by atoms with E-state index in [1.807, 2.05) is 0 Å². The van der Waals surface area contributed by atoms with Crippen molar-refractivity contribution in [3.05, 3.63) is 0 Å². The molecular weight excluding hydrogens is 232 g/mol. The van der Waals surface area contributed by atoms with Gasteiger partial charge in [-0.3, -0.25) is 4.79 Å². The monoisotopic (exact) mass is 249 g/mol. The van der Waals surface area contributed by atoms with Gasteiger partial charge in [-0.2, -0.15) is 0 Å². The fraction of sp³-hybridized carbons (Fsp3) is 0.818. The van der Waals surface area contributed by atoms with Gasteiger partial charge in [0.15, 0.2) is 5.78 Å². The summed E-state index contributed by atoms with van der Waals surface area (Å²) in [5, 5.41) is 2.41. The highest BCUT2D eigenvalue weighted by Crippen LogP contribution is 2.37. The van der Waals surface area contributed by atoms with Crippen LogP contribution in [-0.4, -0.2) is 31.0 Å². The molecular formula is C11H17F2NO3. The zero-order valence-corrected chi connectivity index (χ0v) is 9.96. The first-order chi connectivity index (χ1) is 7.85. The lowest BCUT2D eigenvalue weighted by Gasteiger charge is -2.32. The average Bonchev–Trinajstić information content (AvgIpc) is 2.26. The zero-order valence-electron chi connectivity index (χ0n) is 9.96. The number of hydrogen-bond donors (Lipinski definition) is 1. The summed E-state index contributed by atoms with van der Waals surface area (Å²) in [7, 11) is 1.20. The van der Waals surface area contributed by atoms with Crippen LogP contribution >= 0.6 is 0 Å². The molecule has 0 heterocycles. The minimum Gasteiger partial charge on any atom is -0.453 e. The maximum Gasteiger partial charge on any atom is 0.407 e. The van der Waals surface area contributed by atoms with E-state index in [0.717, 1.165) is 0 Å². The zero-order chi connectivity index (χ0) is 13.1. The number of hydrogen-bond acceptors (Lipinski definition) is 3. The minimum atomic E-state index is -2.64. The number of nitrogens with one attached hydrogen (secondary N) is 1. The van der Waals surface area contributed by atoms with Gasteiger partial charge in [0.2, 0.25) is 5.92 Å². The van der Waals surface area contributed by atoms with Crippen LogP contribution in [0.2, 0.25) is 0 Å². The maximum absolute atomic E-state index is 13.0. The Labute approximate surface area is 98.7 Å². The first-order valence-electron chi connectivity index (χ1n) is 5.58. The van der Waals surface area contributed by atoms with Crippen LogP contribution in [0.1, 0.15) is 32.6 Å². The van der Waals surface area contributed by atoms with E-state index in [0.29, 0.717) is 0 Å². The predicted octanol–water partition coefficient (Wildman–Crippen LogP) is 2.13. The van der Waals surface area contributed by atoms with E-state index in [2.05, 4.69) is 10.1 Å². The highest BCUT2D eigenvalue weighted by atomic mass is 19.3. The van der Waals surface area contributed by atoms with Crippen LogP contribution in [0, 0.1) is 5.92 Å². The first-order valence-corrected chi connectivity index (χ1v) is 5.58. The van der Waals surface area contributed by atoms with Crippen LogP contribution < -0.4 is 5.32 Å². The topological polar surface area (TPSA) is 55.4 Å². The van der Waals surface area contributed by atoms with Crippen LogP contribution in [0.15, 0.2) is 0 Å². The maximum atomic E-state index is 13.0. The second-order valence-electron chi connectivity index (χ2n) is 4.42. The van der Waals surface area contributed by atoms with E-state index in [4.69, 9.17) is 0 Å². The molecule has 98 valence electrons. The van der Waals surface area contributed by atoms with Crippen molar-refractivity contribution >= 4 is 11.9 Å². The quantitative estimate of drug-likeness (QED) is 0.833. The lowest BCUT2D eigenvalue weighted by molar-refractivity contribution is -0.121. The van der Waals surface area contributed by atoms with E-state index in [1.54, 1.807) is 0 Å². The standard InChI is InChI=1S/C11H17F2NO3/c1-7(15)9(14-10(16)17-2)8-3-5-11(12,13)6-4-8/h8-9H,3-6H2,1-2H3,(H,14,16). The molecule has 1 N–H and O–H groups in total. The average molecular weight is 249 g/mol. The third kappa shape index (κ3) is 3.94. The van der Waals surface area contributed by atoms with Crippen molar-refractivity contribution in [2.75, 3.05) is 7.11 Å². The number of Topliss-reactive ketones (excluding diaryl/α,β-unsaturated/α-hetero) is 1. The van der Waals surface area contributed by atoms with Crippen molar-refractivity contribution < 1.29 is 23.1 Å². The van der Waals surface area contributed by atoms with E-state index in [1.165, 1.54) is 14.0 Å². The van der Waals surface area contributed by atoms with Gasteiger partial charge in [-0.25, -0.2) is 13.6 Å². The molecule has 1 saturated carbocycles. The fourth-order valence-corrected chi connectivity index (χ4v) is 2.13. The fourth-order valence-electron chi connectivity index (χ4n) is 2.13. The number of carbonyl (C=O) groups is 2. The van der Waals surface area contributed by atoms with Crippen molar-refractivity contribution in [1.29, 1.82) is 0 Å². The van der Waals surface area contributed by atoms with Crippen molar-refractivity contribution in [1.82, 2.24) is 5.32 Å². The molecule has 0 radical (unpaired) electrons. The molecule has 0 saturated heterocycles. The number of methoxy groups -OCH3 is 1. The predicted molar refractivity (Wildman–Crippen MR) is 56.9 cm³/mol. The van der Waals surface area contributed by atoms with Gasteiger partial charge in [0.05, 0.1) is 13.2 Å². The Kier molecular flexibility index (Phi) is 4.42. The Hall–Kier alpha value is -1.20. The second kappa shape index (κ2) is 5.42. The largest absolute Gasteiger partial charge is 0.453 e. The first kappa shape index (κ1) is 13.9. The number of amides is 1. The molecule has 1 aliphatic rings. The number of ketones is 1. The van der Waals surface area contributed by atoms with Crippen LogP contribution in [0.3, 0.4) is 0 Å². The molecule has 1 unspecified atom stereocenters. The van der Waals surface area contributed by atoms with Gasteiger partial charge in [-0.15, -0.1) is 0 Å². The molecule has 1 aliphatic carbocycles. The second-order valence-corrected chi connectivity index (χ2v) is 4.42. The van der Waals surface area contributed by atoms with Gasteiger partial charge in [0.25, 0.3) is 0 Å². The Morgan fingerprint density at radius 2 is 1.88 bits per heavy atom. The Morgan fingerprint density at radius 1 is 1.35 bits per heavy atom. The molecule has 0 aromatic rings. The normalized spacial score (nSPS) is 21.6. The molecule has 6 heteroatoms. The molecule has 0 aliphatic heterocycles. The van der Waals surface area contributed by atoms with Gasteiger partial charge in [0.1, 0.15) is 0 Å². The number of ether oxygens (including phenoxy) is 1. The molecule has 1 fully saturated rings. The highest BCUT2D eigenvalue weighted by Gasteiger charge is 2.39.